The monoisotopic (exact) mass is 361 g/mol. The molecule has 0 saturated carbocycles. The predicted octanol–water partition coefficient (Wildman–Crippen LogP) is 2.41. The van der Waals surface area contributed by atoms with Crippen LogP contribution in [-0.2, 0) is 0 Å². The number of likely N-dealkylation sites (tertiary alicyclic amines) is 1. The van der Waals surface area contributed by atoms with Gasteiger partial charge in [0.15, 0.2) is 11.5 Å². The van der Waals surface area contributed by atoms with Crippen LogP contribution in [0, 0.1) is 0 Å². The third-order valence-electron chi connectivity index (χ3n) is 5.07. The molecule has 0 spiro atoms. The van der Waals surface area contributed by atoms with Crippen LogP contribution in [0.15, 0.2) is 12.1 Å². The van der Waals surface area contributed by atoms with Gasteiger partial charge in [0.05, 0.1) is 26.8 Å². The number of carbonyl (C=O) groups is 1. The van der Waals surface area contributed by atoms with Gasteiger partial charge in [0, 0.05) is 24.0 Å². The standard InChI is InChI=1S/C19H27N3O4/c1-5-22-8-6-7-12(22)11-20-19(23)15-9-13-14(21-15)10-16(24-2)18(26-4)17(13)25-3/h9-10,12,21H,5-8,11H2,1-4H3,(H,20,23)/t12-/m0/s1. The highest BCUT2D eigenvalue weighted by atomic mass is 16.5. The average molecular weight is 361 g/mol. The van der Waals surface area contributed by atoms with Crippen molar-refractivity contribution in [1.29, 1.82) is 0 Å². The van der Waals surface area contributed by atoms with Crippen LogP contribution in [-0.4, -0.2) is 62.8 Å². The zero-order valence-corrected chi connectivity index (χ0v) is 15.8. The maximum absolute atomic E-state index is 12.6. The van der Waals surface area contributed by atoms with Crippen LogP contribution in [0.25, 0.3) is 10.9 Å². The number of hydrogen-bond acceptors (Lipinski definition) is 5. The Hall–Kier alpha value is -2.41. The zero-order chi connectivity index (χ0) is 18.7. The van der Waals surface area contributed by atoms with Gasteiger partial charge in [0.25, 0.3) is 5.91 Å². The van der Waals surface area contributed by atoms with Crippen molar-refractivity contribution in [3.05, 3.63) is 17.8 Å². The molecule has 2 aromatic rings. The number of methoxy groups -OCH3 is 3. The second-order valence-electron chi connectivity index (χ2n) is 6.42. The van der Waals surface area contributed by atoms with Gasteiger partial charge in [-0.2, -0.15) is 0 Å². The summed E-state index contributed by atoms with van der Waals surface area (Å²) in [7, 11) is 4.71. The molecule has 26 heavy (non-hydrogen) atoms. The summed E-state index contributed by atoms with van der Waals surface area (Å²) >= 11 is 0. The molecule has 3 rings (SSSR count). The Kier molecular flexibility index (Phi) is 5.56. The van der Waals surface area contributed by atoms with Crippen LogP contribution >= 0.6 is 0 Å². The van der Waals surface area contributed by atoms with Gasteiger partial charge >= 0.3 is 0 Å². The third-order valence-corrected chi connectivity index (χ3v) is 5.07. The first-order valence-electron chi connectivity index (χ1n) is 8.96. The van der Waals surface area contributed by atoms with Crippen molar-refractivity contribution >= 4 is 16.8 Å². The average Bonchev–Trinajstić information content (AvgIpc) is 3.30. The molecule has 2 N–H and O–H groups in total. The second kappa shape index (κ2) is 7.86. The van der Waals surface area contributed by atoms with Crippen LogP contribution in [0.2, 0.25) is 0 Å². The van der Waals surface area contributed by atoms with Crippen molar-refractivity contribution in [1.82, 2.24) is 15.2 Å². The van der Waals surface area contributed by atoms with Crippen molar-refractivity contribution in [3.8, 4) is 17.2 Å². The molecule has 1 aliphatic rings. The molecule has 1 atom stereocenters. The summed E-state index contributed by atoms with van der Waals surface area (Å²) in [5.74, 6) is 1.49. The summed E-state index contributed by atoms with van der Waals surface area (Å²) in [6.07, 6.45) is 2.32. The van der Waals surface area contributed by atoms with Gasteiger partial charge in [-0.15, -0.1) is 0 Å². The van der Waals surface area contributed by atoms with E-state index in [0.717, 1.165) is 30.4 Å². The SMILES string of the molecule is CCN1CCC[C@H]1CNC(=O)c1cc2c(OC)c(OC)c(OC)cc2[nH]1. The van der Waals surface area contributed by atoms with E-state index in [-0.39, 0.29) is 5.91 Å². The van der Waals surface area contributed by atoms with Gasteiger partial charge < -0.3 is 24.5 Å². The molecule has 1 aromatic carbocycles. The molecular weight excluding hydrogens is 334 g/mol. The van der Waals surface area contributed by atoms with E-state index < -0.39 is 0 Å². The molecule has 1 aromatic heterocycles. The lowest BCUT2D eigenvalue weighted by atomic mass is 10.2. The van der Waals surface area contributed by atoms with Gasteiger partial charge in [-0.1, -0.05) is 6.92 Å². The number of ether oxygens (including phenoxy) is 3. The van der Waals surface area contributed by atoms with Crippen molar-refractivity contribution in [2.45, 2.75) is 25.8 Å². The molecule has 0 unspecified atom stereocenters. The number of H-pyrrole nitrogens is 1. The quantitative estimate of drug-likeness (QED) is 0.792. The normalized spacial score (nSPS) is 17.5. The van der Waals surface area contributed by atoms with Crippen LogP contribution in [0.4, 0.5) is 0 Å². The maximum Gasteiger partial charge on any atom is 0.267 e. The molecule has 0 radical (unpaired) electrons. The van der Waals surface area contributed by atoms with Crippen molar-refractivity contribution < 1.29 is 19.0 Å². The van der Waals surface area contributed by atoms with Gasteiger partial charge in [0.1, 0.15) is 5.69 Å². The van der Waals surface area contributed by atoms with Crippen molar-refractivity contribution in [3.63, 3.8) is 0 Å². The molecule has 1 amide bonds. The second-order valence-corrected chi connectivity index (χ2v) is 6.42. The van der Waals surface area contributed by atoms with E-state index in [4.69, 9.17) is 14.2 Å². The number of hydrogen-bond donors (Lipinski definition) is 2. The lowest BCUT2D eigenvalue weighted by molar-refractivity contribution is 0.0937. The molecule has 7 nitrogen and oxygen atoms in total. The smallest absolute Gasteiger partial charge is 0.267 e. The van der Waals surface area contributed by atoms with Crippen LogP contribution in [0.3, 0.4) is 0 Å². The van der Waals surface area contributed by atoms with Gasteiger partial charge in [-0.25, -0.2) is 0 Å². The minimum Gasteiger partial charge on any atom is -0.493 e. The fourth-order valence-corrected chi connectivity index (χ4v) is 3.72. The molecule has 1 saturated heterocycles. The van der Waals surface area contributed by atoms with E-state index in [2.05, 4.69) is 22.1 Å². The summed E-state index contributed by atoms with van der Waals surface area (Å²) in [6, 6.07) is 4.02. The zero-order valence-electron chi connectivity index (χ0n) is 15.8. The first kappa shape index (κ1) is 18.4. The van der Waals surface area contributed by atoms with E-state index >= 15 is 0 Å². The molecule has 2 heterocycles. The molecule has 0 bridgehead atoms. The number of rotatable bonds is 7. The highest BCUT2D eigenvalue weighted by Gasteiger charge is 2.24. The number of carbonyl (C=O) groups excluding carboxylic acids is 1. The Morgan fingerprint density at radius 2 is 2.00 bits per heavy atom. The molecule has 1 fully saturated rings. The molecule has 0 aliphatic carbocycles. The van der Waals surface area contributed by atoms with Crippen LogP contribution < -0.4 is 19.5 Å². The van der Waals surface area contributed by atoms with Crippen molar-refractivity contribution in [2.24, 2.45) is 0 Å². The number of nitrogens with one attached hydrogen (secondary N) is 2. The Bertz CT molecular complexity index is 787. The molecule has 7 heteroatoms. The molecular formula is C19H27N3O4. The minimum absolute atomic E-state index is 0.121. The van der Waals surface area contributed by atoms with E-state index in [1.807, 2.05) is 6.07 Å². The summed E-state index contributed by atoms with van der Waals surface area (Å²) in [4.78, 5) is 18.2. The summed E-state index contributed by atoms with van der Waals surface area (Å²) in [6.45, 7) is 4.95. The summed E-state index contributed by atoms with van der Waals surface area (Å²) in [5, 5.41) is 3.83. The predicted molar refractivity (Wildman–Crippen MR) is 101 cm³/mol. The number of fused-ring (bicyclic) bond motifs is 1. The van der Waals surface area contributed by atoms with Crippen LogP contribution in [0.1, 0.15) is 30.3 Å². The Labute approximate surface area is 153 Å². The van der Waals surface area contributed by atoms with Crippen LogP contribution in [0.5, 0.6) is 17.2 Å². The van der Waals surface area contributed by atoms with E-state index in [1.54, 1.807) is 27.4 Å². The van der Waals surface area contributed by atoms with E-state index in [0.29, 0.717) is 35.5 Å². The highest BCUT2D eigenvalue weighted by Crippen LogP contribution is 2.43. The minimum atomic E-state index is -0.121. The molecule has 1 aliphatic heterocycles. The molecule has 142 valence electrons. The topological polar surface area (TPSA) is 75.8 Å². The van der Waals surface area contributed by atoms with Gasteiger partial charge in [-0.05, 0) is 32.0 Å². The number of aromatic amines is 1. The number of amides is 1. The fourth-order valence-electron chi connectivity index (χ4n) is 3.72. The van der Waals surface area contributed by atoms with Gasteiger partial charge in [-0.3, -0.25) is 9.69 Å². The first-order valence-corrected chi connectivity index (χ1v) is 8.96. The number of aromatic nitrogens is 1. The van der Waals surface area contributed by atoms with Crippen molar-refractivity contribution in [2.75, 3.05) is 41.0 Å². The lowest BCUT2D eigenvalue weighted by Gasteiger charge is -2.22. The number of likely N-dealkylation sites (N-methyl/N-ethyl adjacent to an activating group) is 1. The summed E-state index contributed by atoms with van der Waals surface area (Å²) in [5.41, 5.74) is 1.26. The first-order chi connectivity index (χ1) is 12.6. The number of nitrogens with zero attached hydrogens (tertiary/aromatic N) is 1. The highest BCUT2D eigenvalue weighted by molar-refractivity contribution is 6.01. The van der Waals surface area contributed by atoms with Gasteiger partial charge in [0.2, 0.25) is 5.75 Å². The fraction of sp³-hybridized carbons (Fsp3) is 0.526. The van der Waals surface area contributed by atoms with E-state index in [1.165, 1.54) is 6.42 Å². The Morgan fingerprint density at radius 3 is 2.65 bits per heavy atom. The third kappa shape index (κ3) is 3.31. The summed E-state index contributed by atoms with van der Waals surface area (Å²) < 4.78 is 16.3. The number of benzene rings is 1. The maximum atomic E-state index is 12.6. The Balaban J connectivity index is 1.83. The van der Waals surface area contributed by atoms with E-state index in [9.17, 15) is 4.79 Å². The Morgan fingerprint density at radius 1 is 1.23 bits per heavy atom. The largest absolute Gasteiger partial charge is 0.493 e. The lowest BCUT2D eigenvalue weighted by Crippen LogP contribution is -2.40.